The van der Waals surface area contributed by atoms with Gasteiger partial charge < -0.3 is 10.5 Å². The van der Waals surface area contributed by atoms with Gasteiger partial charge in [0.1, 0.15) is 5.75 Å². The van der Waals surface area contributed by atoms with E-state index in [1.165, 1.54) is 18.2 Å². The summed E-state index contributed by atoms with van der Waals surface area (Å²) < 4.78 is 17.1. The molecule has 0 aliphatic carbocycles. The smallest absolute Gasteiger partial charge is 0.270 e. The second-order valence-corrected chi connectivity index (χ2v) is 3.14. The zero-order valence-electron chi connectivity index (χ0n) is 8.69. The van der Waals surface area contributed by atoms with E-state index in [1.54, 1.807) is 0 Å². The molecule has 88 valence electrons. The minimum absolute atomic E-state index is 0.0294. The van der Waals surface area contributed by atoms with Crippen LogP contribution in [0.1, 0.15) is 12.0 Å². The average Bonchev–Trinajstić information content (AvgIpc) is 2.29. The molecule has 16 heavy (non-hydrogen) atoms. The van der Waals surface area contributed by atoms with Gasteiger partial charge in [0.15, 0.2) is 0 Å². The molecule has 0 saturated carbocycles. The van der Waals surface area contributed by atoms with Crippen LogP contribution in [0, 0.1) is 10.1 Å². The Morgan fingerprint density at radius 1 is 1.50 bits per heavy atom. The van der Waals surface area contributed by atoms with Crippen molar-refractivity contribution >= 4 is 5.69 Å². The molecule has 1 aromatic rings. The van der Waals surface area contributed by atoms with Gasteiger partial charge in [0.05, 0.1) is 18.2 Å². The third kappa shape index (κ3) is 3.16. The van der Waals surface area contributed by atoms with Gasteiger partial charge in [0.2, 0.25) is 0 Å². The lowest BCUT2D eigenvalue weighted by Crippen LogP contribution is -2.05. The minimum atomic E-state index is -0.496. The first-order valence-corrected chi connectivity index (χ1v) is 4.85. The lowest BCUT2D eigenvalue weighted by atomic mass is 10.2. The SMILES string of the molecule is NCc1cc([N+](=O)[O-])ccc1OCCCF. The van der Waals surface area contributed by atoms with Crippen LogP contribution in [-0.2, 0) is 6.54 Å². The molecular weight excluding hydrogens is 215 g/mol. The number of nitrogens with two attached hydrogens (primary N) is 1. The first-order chi connectivity index (χ1) is 7.69. The molecule has 2 N–H and O–H groups in total. The van der Waals surface area contributed by atoms with Gasteiger partial charge in [-0.15, -0.1) is 0 Å². The first-order valence-electron chi connectivity index (χ1n) is 4.85. The van der Waals surface area contributed by atoms with Crippen molar-refractivity contribution in [3.05, 3.63) is 33.9 Å². The van der Waals surface area contributed by atoms with Crippen LogP contribution >= 0.6 is 0 Å². The van der Waals surface area contributed by atoms with Gasteiger partial charge >= 0.3 is 0 Å². The summed E-state index contributed by atoms with van der Waals surface area (Å²) in [5.41, 5.74) is 5.97. The summed E-state index contributed by atoms with van der Waals surface area (Å²) in [6, 6.07) is 4.19. The fourth-order valence-electron chi connectivity index (χ4n) is 1.22. The second kappa shape index (κ2) is 6.02. The highest BCUT2D eigenvalue weighted by Crippen LogP contribution is 2.23. The Morgan fingerprint density at radius 3 is 2.81 bits per heavy atom. The first kappa shape index (κ1) is 12.4. The second-order valence-electron chi connectivity index (χ2n) is 3.14. The van der Waals surface area contributed by atoms with E-state index in [0.717, 1.165) is 0 Å². The largest absolute Gasteiger partial charge is 0.493 e. The van der Waals surface area contributed by atoms with Crippen LogP contribution in [0.4, 0.5) is 10.1 Å². The molecule has 0 aromatic heterocycles. The van der Waals surface area contributed by atoms with Gasteiger partial charge in [-0.1, -0.05) is 0 Å². The summed E-state index contributed by atoms with van der Waals surface area (Å²) >= 11 is 0. The molecular formula is C10H13FN2O3. The summed E-state index contributed by atoms with van der Waals surface area (Å²) in [6.45, 7) is -0.0705. The van der Waals surface area contributed by atoms with Crippen LogP contribution in [-0.4, -0.2) is 18.2 Å². The Hall–Kier alpha value is -1.69. The van der Waals surface area contributed by atoms with Crippen molar-refractivity contribution < 1.29 is 14.1 Å². The monoisotopic (exact) mass is 228 g/mol. The molecule has 0 saturated heterocycles. The van der Waals surface area contributed by atoms with Crippen molar-refractivity contribution in [1.29, 1.82) is 0 Å². The molecule has 0 amide bonds. The Bertz CT molecular complexity index is 371. The zero-order chi connectivity index (χ0) is 12.0. The number of nitro groups is 1. The lowest BCUT2D eigenvalue weighted by molar-refractivity contribution is -0.384. The van der Waals surface area contributed by atoms with Gasteiger partial charge in [-0.3, -0.25) is 14.5 Å². The molecule has 1 rings (SSSR count). The van der Waals surface area contributed by atoms with E-state index in [-0.39, 0.29) is 18.8 Å². The molecule has 1 aromatic carbocycles. The third-order valence-corrected chi connectivity index (χ3v) is 2.01. The normalized spacial score (nSPS) is 10.1. The molecule has 0 unspecified atom stereocenters. The minimum Gasteiger partial charge on any atom is -0.493 e. The number of nitrogens with zero attached hydrogens (tertiary/aromatic N) is 1. The van der Waals surface area contributed by atoms with Crippen LogP contribution in [0.15, 0.2) is 18.2 Å². The summed E-state index contributed by atoms with van der Waals surface area (Å²) in [6.07, 6.45) is 0.293. The van der Waals surface area contributed by atoms with E-state index >= 15 is 0 Å². The highest BCUT2D eigenvalue weighted by molar-refractivity contribution is 5.43. The summed E-state index contributed by atoms with van der Waals surface area (Å²) in [7, 11) is 0. The van der Waals surface area contributed by atoms with Crippen molar-refractivity contribution in [2.75, 3.05) is 13.3 Å². The molecule has 0 aliphatic heterocycles. The highest BCUT2D eigenvalue weighted by Gasteiger charge is 2.10. The number of nitro benzene ring substituents is 1. The van der Waals surface area contributed by atoms with Crippen LogP contribution in [0.5, 0.6) is 5.75 Å². The number of ether oxygens (including phenoxy) is 1. The van der Waals surface area contributed by atoms with E-state index in [9.17, 15) is 14.5 Å². The number of rotatable bonds is 6. The lowest BCUT2D eigenvalue weighted by Gasteiger charge is -2.09. The van der Waals surface area contributed by atoms with Gasteiger partial charge in [-0.2, -0.15) is 0 Å². The Kier molecular flexibility index (Phi) is 4.65. The summed E-state index contributed by atoms with van der Waals surface area (Å²) in [4.78, 5) is 10.0. The van der Waals surface area contributed by atoms with Crippen LogP contribution in [0.2, 0.25) is 0 Å². The van der Waals surface area contributed by atoms with E-state index in [2.05, 4.69) is 0 Å². The molecule has 0 heterocycles. The van der Waals surface area contributed by atoms with Crippen LogP contribution < -0.4 is 10.5 Å². The third-order valence-electron chi connectivity index (χ3n) is 2.01. The van der Waals surface area contributed by atoms with Gasteiger partial charge in [-0.05, 0) is 6.07 Å². The van der Waals surface area contributed by atoms with Crippen molar-refractivity contribution in [3.8, 4) is 5.75 Å². The van der Waals surface area contributed by atoms with Crippen molar-refractivity contribution in [2.45, 2.75) is 13.0 Å². The number of alkyl halides is 1. The topological polar surface area (TPSA) is 78.4 Å². The molecule has 0 spiro atoms. The molecule has 6 heteroatoms. The fraction of sp³-hybridized carbons (Fsp3) is 0.400. The number of hydrogen-bond acceptors (Lipinski definition) is 4. The number of benzene rings is 1. The van der Waals surface area contributed by atoms with E-state index in [4.69, 9.17) is 10.5 Å². The Morgan fingerprint density at radius 2 is 2.25 bits per heavy atom. The molecule has 5 nitrogen and oxygen atoms in total. The quantitative estimate of drug-likeness (QED) is 0.457. The van der Waals surface area contributed by atoms with Crippen LogP contribution in [0.3, 0.4) is 0 Å². The predicted octanol–water partition coefficient (Wildman–Crippen LogP) is 1.79. The number of hydrogen-bond donors (Lipinski definition) is 1. The molecule has 0 radical (unpaired) electrons. The van der Waals surface area contributed by atoms with Crippen molar-refractivity contribution in [2.24, 2.45) is 5.73 Å². The highest BCUT2D eigenvalue weighted by atomic mass is 19.1. The maximum atomic E-state index is 11.9. The zero-order valence-corrected chi connectivity index (χ0v) is 8.69. The van der Waals surface area contributed by atoms with Gasteiger partial charge in [-0.25, -0.2) is 0 Å². The number of non-ortho nitro benzene ring substituents is 1. The maximum Gasteiger partial charge on any atom is 0.270 e. The molecule has 0 bridgehead atoms. The molecule has 0 fully saturated rings. The van der Waals surface area contributed by atoms with Crippen LogP contribution in [0.25, 0.3) is 0 Å². The van der Waals surface area contributed by atoms with E-state index in [0.29, 0.717) is 17.7 Å². The Balaban J connectivity index is 2.80. The van der Waals surface area contributed by atoms with Gasteiger partial charge in [0.25, 0.3) is 5.69 Å². The fourth-order valence-corrected chi connectivity index (χ4v) is 1.22. The Labute approximate surface area is 92.2 Å². The molecule has 0 aliphatic rings. The van der Waals surface area contributed by atoms with E-state index < -0.39 is 11.6 Å². The van der Waals surface area contributed by atoms with Crippen molar-refractivity contribution in [1.82, 2.24) is 0 Å². The van der Waals surface area contributed by atoms with E-state index in [1.807, 2.05) is 0 Å². The van der Waals surface area contributed by atoms with Crippen molar-refractivity contribution in [3.63, 3.8) is 0 Å². The average molecular weight is 228 g/mol. The molecule has 0 atom stereocenters. The summed E-state index contributed by atoms with van der Waals surface area (Å²) in [5, 5.41) is 10.5. The summed E-state index contributed by atoms with van der Waals surface area (Å²) in [5.74, 6) is 0.474. The maximum absolute atomic E-state index is 11.9. The standard InChI is InChI=1S/C10H13FN2O3/c11-4-1-5-16-10-3-2-9(13(14)15)6-8(10)7-12/h2-3,6H,1,4-5,7,12H2. The predicted molar refractivity (Wildman–Crippen MR) is 57.1 cm³/mol. The van der Waals surface area contributed by atoms with Gasteiger partial charge in [0, 0.05) is 30.7 Å². The number of halogens is 1.